The van der Waals surface area contributed by atoms with E-state index in [-0.39, 0.29) is 5.91 Å². The number of imidazole rings is 1. The van der Waals surface area contributed by atoms with Crippen LogP contribution in [0.1, 0.15) is 25.0 Å². The van der Waals surface area contributed by atoms with Crippen molar-refractivity contribution >= 4 is 45.2 Å². The van der Waals surface area contributed by atoms with Crippen LogP contribution in [0.15, 0.2) is 84.7 Å². The number of hydrogen-bond donors (Lipinski definition) is 2. The van der Waals surface area contributed by atoms with Gasteiger partial charge in [-0.25, -0.2) is 15.0 Å². The highest BCUT2D eigenvalue weighted by Crippen LogP contribution is 2.33. The third-order valence-electron chi connectivity index (χ3n) is 6.50. The van der Waals surface area contributed by atoms with Gasteiger partial charge in [0.15, 0.2) is 5.65 Å². The van der Waals surface area contributed by atoms with Gasteiger partial charge in [0.05, 0.1) is 11.1 Å². The van der Waals surface area contributed by atoms with Crippen molar-refractivity contribution in [3.8, 4) is 11.4 Å². The summed E-state index contributed by atoms with van der Waals surface area (Å²) >= 11 is 0. The van der Waals surface area contributed by atoms with Crippen molar-refractivity contribution in [1.29, 1.82) is 0 Å². The Balaban J connectivity index is 1.25. The molecule has 0 aliphatic heterocycles. The maximum Gasteiger partial charge on any atom is 0.228 e. The molecule has 0 bridgehead atoms. The Labute approximate surface area is 213 Å². The van der Waals surface area contributed by atoms with Crippen molar-refractivity contribution in [1.82, 2.24) is 24.5 Å². The lowest BCUT2D eigenvalue weighted by Crippen LogP contribution is -2.13. The van der Waals surface area contributed by atoms with Crippen LogP contribution in [0.4, 0.5) is 11.5 Å². The van der Waals surface area contributed by atoms with Crippen molar-refractivity contribution in [2.45, 2.75) is 26.2 Å². The van der Waals surface area contributed by atoms with E-state index in [1.807, 2.05) is 78.2 Å². The third-order valence-corrected chi connectivity index (χ3v) is 6.50. The molecule has 6 rings (SSSR count). The van der Waals surface area contributed by atoms with Crippen LogP contribution in [0.3, 0.4) is 0 Å². The first-order valence-electron chi connectivity index (χ1n) is 12.2. The number of aromatic nitrogens is 5. The number of carbonyl (C=O) groups is 1. The molecule has 1 amide bonds. The highest BCUT2D eigenvalue weighted by molar-refractivity contribution is 5.95. The number of nitrogen functional groups attached to an aromatic ring is 1. The van der Waals surface area contributed by atoms with Gasteiger partial charge in [-0.2, -0.15) is 0 Å². The molecule has 0 saturated carbocycles. The molecule has 0 fully saturated rings. The normalized spacial score (nSPS) is 13.4. The molecule has 182 valence electrons. The van der Waals surface area contributed by atoms with Crippen molar-refractivity contribution in [2.75, 3.05) is 11.1 Å². The molecular weight excluding hydrogens is 462 g/mol. The van der Waals surface area contributed by atoms with Crippen LogP contribution in [0, 0.1) is 6.92 Å². The van der Waals surface area contributed by atoms with Crippen molar-refractivity contribution in [2.24, 2.45) is 0 Å². The van der Waals surface area contributed by atoms with E-state index in [9.17, 15) is 4.79 Å². The molecule has 1 aliphatic rings. The fraction of sp³-hybridized carbons (Fsp3) is 0.138. The number of nitrogens with zero attached hydrogens (tertiary/aromatic N) is 5. The Bertz CT molecular complexity index is 1730. The molecule has 37 heavy (non-hydrogen) atoms. The van der Waals surface area contributed by atoms with Gasteiger partial charge in [0.25, 0.3) is 0 Å². The van der Waals surface area contributed by atoms with Crippen LogP contribution in [-0.4, -0.2) is 30.4 Å². The first-order chi connectivity index (χ1) is 18.0. The van der Waals surface area contributed by atoms with Gasteiger partial charge in [-0.3, -0.25) is 14.3 Å². The van der Waals surface area contributed by atoms with Crippen LogP contribution in [0.2, 0.25) is 0 Å². The molecular formula is C29H25N7O. The minimum Gasteiger partial charge on any atom is -0.383 e. The summed E-state index contributed by atoms with van der Waals surface area (Å²) in [4.78, 5) is 30.9. The zero-order chi connectivity index (χ0) is 25.4. The summed E-state index contributed by atoms with van der Waals surface area (Å²) in [5, 5.41) is 4.02. The Morgan fingerprint density at radius 2 is 1.84 bits per heavy atom. The van der Waals surface area contributed by atoms with E-state index in [0.717, 1.165) is 63.1 Å². The number of allylic oxidation sites excluding steroid dienone is 3. The van der Waals surface area contributed by atoms with E-state index >= 15 is 0 Å². The largest absolute Gasteiger partial charge is 0.383 e. The zero-order valence-corrected chi connectivity index (χ0v) is 20.3. The summed E-state index contributed by atoms with van der Waals surface area (Å²) in [6.45, 7) is 1.97. The third kappa shape index (κ3) is 4.45. The van der Waals surface area contributed by atoms with Gasteiger partial charge in [0.2, 0.25) is 5.91 Å². The van der Waals surface area contributed by atoms with E-state index in [2.05, 4.69) is 20.3 Å². The maximum absolute atomic E-state index is 12.8. The predicted octanol–water partition coefficient (Wildman–Crippen LogP) is 5.52. The monoisotopic (exact) mass is 487 g/mol. The second-order valence-corrected chi connectivity index (χ2v) is 9.12. The standard InChI is InChI=1S/C29H25N7O/c1-18-6-9-20-17-21(10-13-24(20)33-18)34-26(37)16-19-7-11-22(12-8-19)36-28(23-4-2-14-31-27(23)30)35-25-5-3-15-32-29(25)36/h2-7,9-11,13-15,17H,8,12,16H2,1H3,(H2,30,31)(H,34,37). The fourth-order valence-electron chi connectivity index (χ4n) is 4.69. The molecule has 0 radical (unpaired) electrons. The van der Waals surface area contributed by atoms with Crippen molar-refractivity contribution in [3.05, 3.63) is 90.4 Å². The Kier molecular flexibility index (Phi) is 5.69. The molecule has 8 heteroatoms. The number of nitrogens with two attached hydrogens (primary N) is 1. The van der Waals surface area contributed by atoms with Crippen LogP contribution in [-0.2, 0) is 4.79 Å². The lowest BCUT2D eigenvalue weighted by Gasteiger charge is -2.18. The predicted molar refractivity (Wildman–Crippen MR) is 146 cm³/mol. The van der Waals surface area contributed by atoms with Crippen LogP contribution in [0.25, 0.3) is 39.2 Å². The minimum absolute atomic E-state index is 0.0407. The topological polar surface area (TPSA) is 112 Å². The van der Waals surface area contributed by atoms with Gasteiger partial charge in [-0.15, -0.1) is 0 Å². The fourth-order valence-corrected chi connectivity index (χ4v) is 4.69. The summed E-state index contributed by atoms with van der Waals surface area (Å²) in [6, 6.07) is 17.3. The van der Waals surface area contributed by atoms with Gasteiger partial charge in [0, 0.05) is 41.3 Å². The SMILES string of the molecule is Cc1ccc2cc(NC(=O)CC3=CC=C(n4c(-c5cccnc5N)nc5cccnc54)CC3)ccc2n1. The van der Waals surface area contributed by atoms with E-state index < -0.39 is 0 Å². The highest BCUT2D eigenvalue weighted by Gasteiger charge is 2.20. The molecule has 1 aliphatic carbocycles. The number of amides is 1. The molecule has 5 aromatic rings. The Hall–Kier alpha value is -4.85. The van der Waals surface area contributed by atoms with Crippen LogP contribution < -0.4 is 11.1 Å². The van der Waals surface area contributed by atoms with Crippen molar-refractivity contribution in [3.63, 3.8) is 0 Å². The average molecular weight is 488 g/mol. The van der Waals surface area contributed by atoms with E-state index in [1.165, 1.54) is 0 Å². The molecule has 0 unspecified atom stereocenters. The van der Waals surface area contributed by atoms with E-state index in [1.54, 1.807) is 12.4 Å². The summed E-state index contributed by atoms with van der Waals surface area (Å²) < 4.78 is 2.04. The molecule has 0 saturated heterocycles. The van der Waals surface area contributed by atoms with Crippen molar-refractivity contribution < 1.29 is 4.79 Å². The number of carbonyl (C=O) groups excluding carboxylic acids is 1. The molecule has 1 aromatic carbocycles. The van der Waals surface area contributed by atoms with E-state index in [4.69, 9.17) is 10.7 Å². The lowest BCUT2D eigenvalue weighted by atomic mass is 9.99. The molecule has 4 aromatic heterocycles. The van der Waals surface area contributed by atoms with Gasteiger partial charge in [0.1, 0.15) is 17.2 Å². The Morgan fingerprint density at radius 1 is 0.973 bits per heavy atom. The van der Waals surface area contributed by atoms with Gasteiger partial charge < -0.3 is 11.1 Å². The number of aryl methyl sites for hydroxylation is 1. The zero-order valence-electron chi connectivity index (χ0n) is 20.3. The number of nitrogens with one attached hydrogen (secondary N) is 1. The number of hydrogen-bond acceptors (Lipinski definition) is 6. The summed E-state index contributed by atoms with van der Waals surface area (Å²) in [5.74, 6) is 1.09. The molecule has 8 nitrogen and oxygen atoms in total. The highest BCUT2D eigenvalue weighted by atomic mass is 16.1. The van der Waals surface area contributed by atoms with Gasteiger partial charge >= 0.3 is 0 Å². The number of rotatable bonds is 5. The van der Waals surface area contributed by atoms with Crippen LogP contribution in [0.5, 0.6) is 0 Å². The smallest absolute Gasteiger partial charge is 0.228 e. The summed E-state index contributed by atoms with van der Waals surface area (Å²) in [6.07, 6.45) is 9.33. The second-order valence-electron chi connectivity index (χ2n) is 9.12. The van der Waals surface area contributed by atoms with Crippen LogP contribution >= 0.6 is 0 Å². The van der Waals surface area contributed by atoms with E-state index in [0.29, 0.717) is 18.1 Å². The van der Waals surface area contributed by atoms with Gasteiger partial charge in [-0.05, 0) is 74.4 Å². The number of anilines is 2. The summed E-state index contributed by atoms with van der Waals surface area (Å²) in [5.41, 5.74) is 13.3. The first kappa shape index (κ1) is 22.6. The minimum atomic E-state index is -0.0407. The number of pyridine rings is 3. The first-order valence-corrected chi connectivity index (χ1v) is 12.2. The average Bonchev–Trinajstić information content (AvgIpc) is 3.29. The molecule has 0 atom stereocenters. The van der Waals surface area contributed by atoms with Gasteiger partial charge in [-0.1, -0.05) is 17.7 Å². The molecule has 0 spiro atoms. The Morgan fingerprint density at radius 3 is 2.68 bits per heavy atom. The molecule has 3 N–H and O–H groups in total. The number of fused-ring (bicyclic) bond motifs is 2. The lowest BCUT2D eigenvalue weighted by molar-refractivity contribution is -0.115. The number of benzene rings is 1. The molecule has 4 heterocycles. The quantitative estimate of drug-likeness (QED) is 0.338. The summed E-state index contributed by atoms with van der Waals surface area (Å²) in [7, 11) is 0. The second kappa shape index (κ2) is 9.31. The maximum atomic E-state index is 12.8.